The number of nitrogens with zero attached hydrogens (tertiary/aromatic N) is 1. The summed E-state index contributed by atoms with van der Waals surface area (Å²) >= 11 is 0. The molecule has 0 fully saturated rings. The van der Waals surface area contributed by atoms with Gasteiger partial charge >= 0.3 is 0 Å². The van der Waals surface area contributed by atoms with E-state index in [1.807, 2.05) is 30.3 Å². The van der Waals surface area contributed by atoms with Crippen LogP contribution in [0.3, 0.4) is 0 Å². The third-order valence-corrected chi connectivity index (χ3v) is 2.27. The summed E-state index contributed by atoms with van der Waals surface area (Å²) in [6.07, 6.45) is 0.749. The molecule has 2 N–H and O–H groups in total. The molecule has 0 saturated carbocycles. The van der Waals surface area contributed by atoms with Gasteiger partial charge in [0.25, 0.3) is 0 Å². The van der Waals surface area contributed by atoms with Crippen LogP contribution >= 0.6 is 0 Å². The fraction of sp³-hybridized carbons (Fsp3) is 0.231. The summed E-state index contributed by atoms with van der Waals surface area (Å²) in [5, 5.41) is 0. The normalized spacial score (nSPS) is 13.2. The molecule has 1 aromatic rings. The lowest BCUT2D eigenvalue weighted by atomic mass is 10.1. The van der Waals surface area contributed by atoms with E-state index in [0.29, 0.717) is 23.5 Å². The molecular weight excluding hydrogens is 200 g/mol. The summed E-state index contributed by atoms with van der Waals surface area (Å²) in [4.78, 5) is 15.1. The van der Waals surface area contributed by atoms with Crippen LogP contribution in [-0.2, 0) is 11.3 Å². The highest BCUT2D eigenvalue weighted by Crippen LogP contribution is 2.04. The van der Waals surface area contributed by atoms with Crippen molar-refractivity contribution in [2.75, 3.05) is 0 Å². The second-order valence-corrected chi connectivity index (χ2v) is 3.60. The fourth-order valence-corrected chi connectivity index (χ4v) is 1.34. The first-order chi connectivity index (χ1) is 7.65. The molecule has 0 atom stereocenters. The van der Waals surface area contributed by atoms with Crippen molar-refractivity contribution in [3.8, 4) is 0 Å². The Labute approximate surface area is 95.7 Å². The van der Waals surface area contributed by atoms with Crippen LogP contribution in [-0.4, -0.2) is 12.0 Å². The van der Waals surface area contributed by atoms with E-state index < -0.39 is 0 Å². The highest BCUT2D eigenvalue weighted by Gasteiger charge is 2.02. The number of aliphatic imine (C=N–C) groups is 1. The summed E-state index contributed by atoms with van der Waals surface area (Å²) in [5.41, 5.74) is 8.36. The molecule has 0 spiro atoms. The SMILES string of the molecule is CC(=NCc1ccccc1)C(C=O)=C(C)N. The van der Waals surface area contributed by atoms with Crippen molar-refractivity contribution >= 4 is 12.0 Å². The Kier molecular flexibility index (Phi) is 4.45. The second kappa shape index (κ2) is 5.85. The van der Waals surface area contributed by atoms with Gasteiger partial charge in [-0.15, -0.1) is 0 Å². The summed E-state index contributed by atoms with van der Waals surface area (Å²) in [7, 11) is 0. The van der Waals surface area contributed by atoms with Gasteiger partial charge in [-0.1, -0.05) is 30.3 Å². The number of carbonyl (C=O) groups excluding carboxylic acids is 1. The van der Waals surface area contributed by atoms with Gasteiger partial charge in [0.2, 0.25) is 0 Å². The van der Waals surface area contributed by atoms with Crippen molar-refractivity contribution in [1.82, 2.24) is 0 Å². The zero-order chi connectivity index (χ0) is 12.0. The smallest absolute Gasteiger partial charge is 0.153 e. The number of hydrogen-bond donors (Lipinski definition) is 1. The first-order valence-electron chi connectivity index (χ1n) is 5.12. The third-order valence-electron chi connectivity index (χ3n) is 2.27. The van der Waals surface area contributed by atoms with Gasteiger partial charge in [0, 0.05) is 11.4 Å². The summed E-state index contributed by atoms with van der Waals surface area (Å²) in [6.45, 7) is 4.06. The maximum absolute atomic E-state index is 10.8. The molecule has 0 aliphatic carbocycles. The van der Waals surface area contributed by atoms with Crippen molar-refractivity contribution in [2.24, 2.45) is 10.7 Å². The van der Waals surface area contributed by atoms with E-state index in [2.05, 4.69) is 4.99 Å². The summed E-state index contributed by atoms with van der Waals surface area (Å²) < 4.78 is 0. The molecule has 1 aromatic carbocycles. The second-order valence-electron chi connectivity index (χ2n) is 3.60. The van der Waals surface area contributed by atoms with E-state index in [-0.39, 0.29) is 0 Å². The van der Waals surface area contributed by atoms with E-state index in [1.165, 1.54) is 0 Å². The Morgan fingerprint density at radius 3 is 2.44 bits per heavy atom. The van der Waals surface area contributed by atoms with Gasteiger partial charge in [0.05, 0.1) is 12.1 Å². The number of benzene rings is 1. The lowest BCUT2D eigenvalue weighted by Gasteiger charge is -2.02. The lowest BCUT2D eigenvalue weighted by Crippen LogP contribution is -2.07. The van der Waals surface area contributed by atoms with Crippen LogP contribution in [0.15, 0.2) is 46.6 Å². The maximum atomic E-state index is 10.8. The maximum Gasteiger partial charge on any atom is 0.153 e. The highest BCUT2D eigenvalue weighted by atomic mass is 16.1. The van der Waals surface area contributed by atoms with Crippen LogP contribution < -0.4 is 5.73 Å². The van der Waals surface area contributed by atoms with Crippen molar-refractivity contribution in [1.29, 1.82) is 0 Å². The first kappa shape index (κ1) is 12.2. The van der Waals surface area contributed by atoms with Gasteiger partial charge in [0.15, 0.2) is 6.29 Å². The molecule has 0 aromatic heterocycles. The van der Waals surface area contributed by atoms with E-state index in [1.54, 1.807) is 13.8 Å². The van der Waals surface area contributed by atoms with Gasteiger partial charge in [-0.05, 0) is 19.4 Å². The zero-order valence-corrected chi connectivity index (χ0v) is 9.60. The van der Waals surface area contributed by atoms with Crippen LogP contribution in [0, 0.1) is 0 Å². The van der Waals surface area contributed by atoms with Gasteiger partial charge in [-0.25, -0.2) is 0 Å². The Morgan fingerprint density at radius 1 is 1.31 bits per heavy atom. The number of rotatable bonds is 4. The number of nitrogens with two attached hydrogens (primary N) is 1. The van der Waals surface area contributed by atoms with Gasteiger partial charge in [-0.2, -0.15) is 0 Å². The van der Waals surface area contributed by atoms with Crippen LogP contribution in [0.25, 0.3) is 0 Å². The molecule has 0 heterocycles. The molecule has 0 saturated heterocycles. The van der Waals surface area contributed by atoms with Crippen LogP contribution in [0.5, 0.6) is 0 Å². The van der Waals surface area contributed by atoms with E-state index in [4.69, 9.17) is 5.73 Å². The molecule has 0 unspecified atom stereocenters. The molecule has 3 heteroatoms. The molecule has 84 valence electrons. The monoisotopic (exact) mass is 216 g/mol. The lowest BCUT2D eigenvalue weighted by molar-refractivity contribution is -0.104. The van der Waals surface area contributed by atoms with E-state index >= 15 is 0 Å². The molecule has 1 rings (SSSR count). The largest absolute Gasteiger partial charge is 0.402 e. The third kappa shape index (κ3) is 3.35. The van der Waals surface area contributed by atoms with E-state index in [0.717, 1.165) is 11.8 Å². The predicted molar refractivity (Wildman–Crippen MR) is 66.2 cm³/mol. The average molecular weight is 216 g/mol. The minimum atomic E-state index is 0.482. The van der Waals surface area contributed by atoms with Crippen LogP contribution in [0.2, 0.25) is 0 Å². The minimum absolute atomic E-state index is 0.482. The van der Waals surface area contributed by atoms with Crippen molar-refractivity contribution in [3.05, 3.63) is 47.2 Å². The standard InChI is InChI=1S/C13H16N2O/c1-10(14)13(9-16)11(2)15-8-12-6-4-3-5-7-12/h3-7,9H,8,14H2,1-2H3. The molecule has 0 aliphatic heterocycles. The Balaban J connectivity index is 2.79. The zero-order valence-electron chi connectivity index (χ0n) is 9.60. The van der Waals surface area contributed by atoms with Crippen LogP contribution in [0.4, 0.5) is 0 Å². The van der Waals surface area contributed by atoms with Crippen molar-refractivity contribution < 1.29 is 4.79 Å². The Bertz CT molecular complexity index is 415. The molecule has 0 amide bonds. The predicted octanol–water partition coefficient (Wildman–Crippen LogP) is 2.08. The Hall–Kier alpha value is -1.90. The van der Waals surface area contributed by atoms with Crippen molar-refractivity contribution in [3.63, 3.8) is 0 Å². The van der Waals surface area contributed by atoms with Crippen LogP contribution in [0.1, 0.15) is 19.4 Å². The molecule has 16 heavy (non-hydrogen) atoms. The molecule has 0 aliphatic rings. The summed E-state index contributed by atoms with van der Waals surface area (Å²) in [6, 6.07) is 9.88. The fourth-order valence-electron chi connectivity index (χ4n) is 1.34. The molecular formula is C13H16N2O. The number of carbonyl (C=O) groups is 1. The van der Waals surface area contributed by atoms with E-state index in [9.17, 15) is 4.79 Å². The number of allylic oxidation sites excluding steroid dienone is 2. The van der Waals surface area contributed by atoms with Gasteiger partial charge in [-0.3, -0.25) is 9.79 Å². The molecule has 3 nitrogen and oxygen atoms in total. The van der Waals surface area contributed by atoms with Crippen molar-refractivity contribution in [2.45, 2.75) is 20.4 Å². The average Bonchev–Trinajstić information content (AvgIpc) is 2.28. The molecule has 0 radical (unpaired) electrons. The number of aldehydes is 1. The minimum Gasteiger partial charge on any atom is -0.402 e. The highest BCUT2D eigenvalue weighted by molar-refractivity contribution is 6.14. The quantitative estimate of drug-likeness (QED) is 0.476. The Morgan fingerprint density at radius 2 is 1.94 bits per heavy atom. The van der Waals surface area contributed by atoms with Gasteiger partial charge in [0.1, 0.15) is 0 Å². The summed E-state index contributed by atoms with van der Waals surface area (Å²) in [5.74, 6) is 0. The topological polar surface area (TPSA) is 55.5 Å². The number of hydrogen-bond acceptors (Lipinski definition) is 3. The molecule has 0 bridgehead atoms. The first-order valence-corrected chi connectivity index (χ1v) is 5.12. The van der Waals surface area contributed by atoms with Gasteiger partial charge < -0.3 is 5.73 Å².